The van der Waals surface area contributed by atoms with Gasteiger partial charge in [0.2, 0.25) is 0 Å². The van der Waals surface area contributed by atoms with Gasteiger partial charge in [-0.1, -0.05) is 0 Å². The van der Waals surface area contributed by atoms with Gasteiger partial charge in [0.25, 0.3) is 0 Å². The molecule has 0 aliphatic carbocycles. The number of benzene rings is 1. The molecule has 108 valence electrons. The molecular weight excluding hydrogens is 371 g/mol. The van der Waals surface area contributed by atoms with Gasteiger partial charge in [0.15, 0.2) is 0 Å². The van der Waals surface area contributed by atoms with E-state index in [0.29, 0.717) is 5.69 Å². The van der Waals surface area contributed by atoms with Crippen LogP contribution in [-0.2, 0) is 9.59 Å². The fourth-order valence-corrected chi connectivity index (χ4v) is 2.19. The number of halogens is 1. The minimum atomic E-state index is -0.648. The number of anilines is 1. The summed E-state index contributed by atoms with van der Waals surface area (Å²) in [5.74, 6) is -1.28. The molecule has 2 rings (SSSR count). The zero-order valence-corrected chi connectivity index (χ0v) is 13.4. The Morgan fingerprint density at radius 2 is 1.65 bits per heavy atom. The zero-order chi connectivity index (χ0) is 14.5. The largest absolute Gasteiger partial charge is 0.323 e. The minimum Gasteiger partial charge on any atom is -0.318 e. The molecule has 0 radical (unpaired) electrons. The Balaban J connectivity index is 1.83. The molecule has 2 amide bonds. The molecule has 0 spiro atoms. The van der Waals surface area contributed by atoms with Gasteiger partial charge in [0.05, 0.1) is 0 Å². The average Bonchev–Trinajstić information content (AvgIpc) is 2.44. The van der Waals surface area contributed by atoms with Crippen molar-refractivity contribution in [1.29, 1.82) is 0 Å². The first kappa shape index (κ1) is 15.2. The maximum Gasteiger partial charge on any atom is 0.323 e. The molecule has 1 heterocycles. The van der Waals surface area contributed by atoms with Crippen molar-refractivity contribution in [3.63, 3.8) is 0 Å². The van der Waals surface area contributed by atoms with E-state index in [4.69, 9.17) is 0 Å². The Morgan fingerprint density at radius 1 is 1.05 bits per heavy atom. The second-order valence-electron chi connectivity index (χ2n) is 4.69. The fraction of sp³-hybridized carbons (Fsp3) is 0.385. The second-order valence-corrected chi connectivity index (χ2v) is 5.94. The quantitative estimate of drug-likeness (QED) is 0.573. The van der Waals surface area contributed by atoms with E-state index in [1.807, 2.05) is 19.2 Å². The van der Waals surface area contributed by atoms with E-state index in [-0.39, 0.29) is 0 Å². The van der Waals surface area contributed by atoms with Gasteiger partial charge in [-0.25, -0.2) is 5.01 Å². The van der Waals surface area contributed by atoms with E-state index in [1.54, 1.807) is 17.1 Å². The number of carbonyl (C=O) groups excluding carboxylic acids is 2. The topological polar surface area (TPSA) is 64.7 Å². The smallest absolute Gasteiger partial charge is 0.318 e. The average molecular weight is 388 g/mol. The van der Waals surface area contributed by atoms with Gasteiger partial charge in [0.1, 0.15) is 0 Å². The Kier molecular flexibility index (Phi) is 5.32. The molecule has 7 heteroatoms. The summed E-state index contributed by atoms with van der Waals surface area (Å²) in [6, 6.07) is 7.27. The first-order valence-electron chi connectivity index (χ1n) is 6.35. The zero-order valence-electron chi connectivity index (χ0n) is 11.2. The van der Waals surface area contributed by atoms with Gasteiger partial charge in [-0.05, 0) is 53.9 Å². The Labute approximate surface area is 131 Å². The Bertz CT molecular complexity index is 484. The molecule has 0 atom stereocenters. The van der Waals surface area contributed by atoms with Crippen LogP contribution in [0.3, 0.4) is 0 Å². The lowest BCUT2D eigenvalue weighted by Crippen LogP contribution is -2.54. The first-order chi connectivity index (χ1) is 9.54. The van der Waals surface area contributed by atoms with E-state index in [0.717, 1.165) is 29.7 Å². The molecule has 20 heavy (non-hydrogen) atoms. The number of nitrogens with zero attached hydrogens (tertiary/aromatic N) is 2. The van der Waals surface area contributed by atoms with Crippen LogP contribution >= 0.6 is 22.6 Å². The molecule has 0 aromatic heterocycles. The van der Waals surface area contributed by atoms with Crippen LogP contribution in [0.1, 0.15) is 0 Å². The molecule has 2 N–H and O–H groups in total. The van der Waals surface area contributed by atoms with Crippen molar-refractivity contribution in [2.45, 2.75) is 0 Å². The number of likely N-dealkylation sites (N-methyl/N-ethyl adjacent to an activating group) is 1. The number of hydrogen-bond acceptors (Lipinski definition) is 4. The van der Waals surface area contributed by atoms with Crippen LogP contribution < -0.4 is 10.7 Å². The number of hydrazine groups is 1. The van der Waals surface area contributed by atoms with Crippen LogP contribution in [0.2, 0.25) is 0 Å². The standard InChI is InChI=1S/C13H17IN4O2/c1-17-6-8-18(9-7-17)16-13(20)12(19)15-11-4-2-10(14)3-5-11/h2-5H,6-9H2,1H3,(H,15,19)(H,16,20). The number of nitrogens with one attached hydrogen (secondary N) is 2. The van der Waals surface area contributed by atoms with E-state index in [9.17, 15) is 9.59 Å². The van der Waals surface area contributed by atoms with Gasteiger partial charge < -0.3 is 10.2 Å². The van der Waals surface area contributed by atoms with Crippen molar-refractivity contribution in [3.8, 4) is 0 Å². The number of hydrogen-bond donors (Lipinski definition) is 2. The number of piperazine rings is 1. The lowest BCUT2D eigenvalue weighted by Gasteiger charge is -2.32. The van der Waals surface area contributed by atoms with Crippen molar-refractivity contribution < 1.29 is 9.59 Å². The van der Waals surface area contributed by atoms with E-state index in [2.05, 4.69) is 38.2 Å². The third-order valence-electron chi connectivity index (χ3n) is 3.07. The summed E-state index contributed by atoms with van der Waals surface area (Å²) in [4.78, 5) is 25.7. The van der Waals surface area contributed by atoms with E-state index >= 15 is 0 Å². The highest BCUT2D eigenvalue weighted by atomic mass is 127. The van der Waals surface area contributed by atoms with Crippen molar-refractivity contribution in [2.24, 2.45) is 0 Å². The van der Waals surface area contributed by atoms with Crippen molar-refractivity contribution >= 4 is 40.1 Å². The molecule has 1 saturated heterocycles. The SMILES string of the molecule is CN1CCN(NC(=O)C(=O)Nc2ccc(I)cc2)CC1. The van der Waals surface area contributed by atoms with Crippen LogP contribution in [0.5, 0.6) is 0 Å². The third-order valence-corrected chi connectivity index (χ3v) is 3.79. The lowest BCUT2D eigenvalue weighted by atomic mass is 10.3. The Morgan fingerprint density at radius 3 is 2.25 bits per heavy atom. The predicted octanol–water partition coefficient (Wildman–Crippen LogP) is 0.508. The van der Waals surface area contributed by atoms with Crippen molar-refractivity contribution in [1.82, 2.24) is 15.3 Å². The molecule has 1 fully saturated rings. The first-order valence-corrected chi connectivity index (χ1v) is 7.43. The summed E-state index contributed by atoms with van der Waals surface area (Å²) >= 11 is 2.18. The second kappa shape index (κ2) is 7.00. The maximum absolute atomic E-state index is 11.8. The molecule has 1 aliphatic heterocycles. The molecule has 0 saturated carbocycles. The normalized spacial score (nSPS) is 16.7. The van der Waals surface area contributed by atoms with Crippen LogP contribution in [-0.4, -0.2) is 54.9 Å². The van der Waals surface area contributed by atoms with Gasteiger partial charge >= 0.3 is 11.8 Å². The maximum atomic E-state index is 11.8. The molecule has 1 aromatic carbocycles. The number of rotatable bonds is 2. The van der Waals surface area contributed by atoms with Crippen LogP contribution in [0.15, 0.2) is 24.3 Å². The molecule has 0 bridgehead atoms. The van der Waals surface area contributed by atoms with Crippen LogP contribution in [0.4, 0.5) is 5.69 Å². The van der Waals surface area contributed by atoms with Crippen molar-refractivity contribution in [2.75, 3.05) is 38.5 Å². The van der Waals surface area contributed by atoms with Gasteiger partial charge in [-0.3, -0.25) is 15.0 Å². The molecule has 1 aliphatic rings. The summed E-state index contributed by atoms with van der Waals surface area (Å²) in [6.07, 6.45) is 0. The summed E-state index contributed by atoms with van der Waals surface area (Å²) in [5, 5.41) is 4.35. The van der Waals surface area contributed by atoms with E-state index < -0.39 is 11.8 Å². The summed E-state index contributed by atoms with van der Waals surface area (Å²) < 4.78 is 1.07. The number of carbonyl (C=O) groups is 2. The number of amides is 2. The fourth-order valence-electron chi connectivity index (χ4n) is 1.83. The molecular formula is C13H17IN4O2. The molecule has 6 nitrogen and oxygen atoms in total. The monoisotopic (exact) mass is 388 g/mol. The van der Waals surface area contributed by atoms with Crippen LogP contribution in [0.25, 0.3) is 0 Å². The predicted molar refractivity (Wildman–Crippen MR) is 85.0 cm³/mol. The van der Waals surface area contributed by atoms with Crippen molar-refractivity contribution in [3.05, 3.63) is 27.8 Å². The lowest BCUT2D eigenvalue weighted by molar-refractivity contribution is -0.139. The highest BCUT2D eigenvalue weighted by Crippen LogP contribution is 2.10. The summed E-state index contributed by atoms with van der Waals surface area (Å²) in [5.41, 5.74) is 3.24. The minimum absolute atomic E-state index is 0.615. The van der Waals surface area contributed by atoms with Crippen LogP contribution in [0, 0.1) is 3.57 Å². The Hall–Kier alpha value is -1.19. The summed E-state index contributed by atoms with van der Waals surface area (Å²) in [6.45, 7) is 3.19. The molecule has 1 aromatic rings. The highest BCUT2D eigenvalue weighted by Gasteiger charge is 2.20. The summed E-state index contributed by atoms with van der Waals surface area (Å²) in [7, 11) is 2.03. The van der Waals surface area contributed by atoms with Gasteiger partial charge in [-0.15, -0.1) is 0 Å². The van der Waals surface area contributed by atoms with Gasteiger partial charge in [0, 0.05) is 35.4 Å². The highest BCUT2D eigenvalue weighted by molar-refractivity contribution is 14.1. The third kappa shape index (κ3) is 4.43. The molecule has 0 unspecified atom stereocenters. The van der Waals surface area contributed by atoms with Gasteiger partial charge in [-0.2, -0.15) is 0 Å². The van der Waals surface area contributed by atoms with E-state index in [1.165, 1.54) is 0 Å².